The molecule has 0 spiro atoms. The summed E-state index contributed by atoms with van der Waals surface area (Å²) < 4.78 is 30.8. The van der Waals surface area contributed by atoms with Gasteiger partial charge in [-0.05, 0) is 113 Å². The van der Waals surface area contributed by atoms with Gasteiger partial charge in [0.1, 0.15) is 26.9 Å². The molecule has 1 heterocycles. The number of rotatable bonds is 6. The Morgan fingerprint density at radius 2 is 1.12 bits per heavy atom. The molecule has 1 aliphatic rings. The smallest absolute Gasteiger partial charge is 0.311 e. The maximum absolute atomic E-state index is 13.6. The fourth-order valence-electron chi connectivity index (χ4n) is 4.31. The van der Waals surface area contributed by atoms with Crippen LogP contribution >= 0.6 is 0 Å². The molecule has 0 aliphatic carbocycles. The molecule has 1 aromatic carbocycles. The summed E-state index contributed by atoms with van der Waals surface area (Å²) in [7, 11) is -1.64. The van der Waals surface area contributed by atoms with Gasteiger partial charge in [0.2, 0.25) is 0 Å². The molecule has 1 fully saturated rings. The molecule has 2 rings (SSSR count). The number of aryl methyl sites for hydroxylation is 1. The molecule has 10 heteroatoms. The molecule has 9 nitrogen and oxygen atoms in total. The lowest BCUT2D eigenvalue weighted by Gasteiger charge is -2.46. The van der Waals surface area contributed by atoms with Gasteiger partial charge in [-0.1, -0.05) is 31.6 Å². The maximum atomic E-state index is 13.6. The van der Waals surface area contributed by atoms with E-state index in [1.165, 1.54) is 0 Å². The largest absolute Gasteiger partial charge is 0.462 e. The van der Waals surface area contributed by atoms with Crippen LogP contribution in [0.1, 0.15) is 106 Å². The van der Waals surface area contributed by atoms with Crippen molar-refractivity contribution in [1.29, 1.82) is 0 Å². The molecule has 48 heavy (non-hydrogen) atoms. The first-order chi connectivity index (χ1) is 21.5. The van der Waals surface area contributed by atoms with E-state index in [-0.39, 0.29) is 6.61 Å². The Labute approximate surface area is 289 Å². The lowest BCUT2D eigenvalue weighted by molar-refractivity contribution is -0.262. The van der Waals surface area contributed by atoms with Gasteiger partial charge in [-0.2, -0.15) is 0 Å². The van der Waals surface area contributed by atoms with E-state index >= 15 is 0 Å². The van der Waals surface area contributed by atoms with Crippen LogP contribution in [0.2, 0.25) is 19.6 Å². The highest BCUT2D eigenvalue weighted by Crippen LogP contribution is 2.41. The third kappa shape index (κ3) is 11.5. The third-order valence-electron chi connectivity index (χ3n) is 7.35. The minimum Gasteiger partial charge on any atom is -0.462 e. The fraction of sp³-hybridized carbons (Fsp3) is 0.684. The summed E-state index contributed by atoms with van der Waals surface area (Å²) in [5.41, 5.74) is 2.01. The van der Waals surface area contributed by atoms with Crippen LogP contribution in [0.25, 0.3) is 0 Å². The highest BCUT2D eigenvalue weighted by atomic mass is 28.3. The number of hydrogen-bond acceptors (Lipinski definition) is 9. The molecule has 0 amide bonds. The molecule has 1 aliphatic heterocycles. The Morgan fingerprint density at radius 1 is 0.688 bits per heavy atom. The summed E-state index contributed by atoms with van der Waals surface area (Å²) >= 11 is 0. The van der Waals surface area contributed by atoms with Crippen molar-refractivity contribution in [3.05, 3.63) is 34.9 Å². The lowest BCUT2D eigenvalue weighted by Crippen LogP contribution is -2.61. The number of carbonyl (C=O) groups is 4. The molecule has 0 unspecified atom stereocenters. The van der Waals surface area contributed by atoms with E-state index in [2.05, 4.69) is 31.1 Å². The molecule has 268 valence electrons. The number of carbonyl (C=O) groups excluding carboxylic acids is 4. The second kappa shape index (κ2) is 14.8. The standard InChI is InChI=1S/C38H58O9Si/c1-23-21-24(19-20-48(14,15)16)17-18-25(23)27-29(46-33(41)37(8,9)10)30(47-34(42)38(11,12)13)28(45-32(40)36(5,6)7)26(44-27)22-43-31(39)35(2,3)4/h17-18,21,26-30H,22H2,1-16H3/t26-,27-,28-,29-,30+/m1/s1. The van der Waals surface area contributed by atoms with Crippen LogP contribution in [0.3, 0.4) is 0 Å². The van der Waals surface area contributed by atoms with E-state index in [4.69, 9.17) is 23.7 Å². The second-order valence-corrected chi connectivity index (χ2v) is 22.6. The van der Waals surface area contributed by atoms with Crippen molar-refractivity contribution in [2.45, 2.75) is 140 Å². The van der Waals surface area contributed by atoms with Gasteiger partial charge in [0.25, 0.3) is 0 Å². The zero-order valence-corrected chi connectivity index (χ0v) is 33.0. The second-order valence-electron chi connectivity index (χ2n) is 17.9. The van der Waals surface area contributed by atoms with E-state index in [1.54, 1.807) is 83.1 Å². The Bertz CT molecular complexity index is 1420. The molecular weight excluding hydrogens is 628 g/mol. The van der Waals surface area contributed by atoms with Gasteiger partial charge in [-0.15, -0.1) is 5.54 Å². The van der Waals surface area contributed by atoms with Crippen molar-refractivity contribution in [2.75, 3.05) is 6.61 Å². The van der Waals surface area contributed by atoms with Crippen LogP contribution in [0.15, 0.2) is 18.2 Å². The van der Waals surface area contributed by atoms with E-state index in [9.17, 15) is 19.2 Å². The van der Waals surface area contributed by atoms with Gasteiger partial charge in [-0.3, -0.25) is 19.2 Å². The average molecular weight is 687 g/mol. The molecule has 0 N–H and O–H groups in total. The van der Waals surface area contributed by atoms with E-state index in [0.717, 1.165) is 11.1 Å². The van der Waals surface area contributed by atoms with Crippen LogP contribution in [0.5, 0.6) is 0 Å². The molecule has 0 bridgehead atoms. The van der Waals surface area contributed by atoms with E-state index < -0.39 is 84.1 Å². The first kappa shape index (κ1) is 41.0. The highest BCUT2D eigenvalue weighted by Gasteiger charge is 2.55. The van der Waals surface area contributed by atoms with Gasteiger partial charge in [-0.25, -0.2) is 0 Å². The topological polar surface area (TPSA) is 114 Å². The monoisotopic (exact) mass is 686 g/mol. The zero-order chi connectivity index (χ0) is 37.2. The Kier molecular flexibility index (Phi) is 12.6. The minimum absolute atomic E-state index is 0.309. The van der Waals surface area contributed by atoms with Crippen molar-refractivity contribution in [3.8, 4) is 11.5 Å². The quantitative estimate of drug-likeness (QED) is 0.133. The van der Waals surface area contributed by atoms with Gasteiger partial charge in [0.15, 0.2) is 18.3 Å². The predicted octanol–water partition coefficient (Wildman–Crippen LogP) is 7.13. The van der Waals surface area contributed by atoms with E-state index in [0.29, 0.717) is 5.56 Å². The highest BCUT2D eigenvalue weighted by molar-refractivity contribution is 6.83. The fourth-order valence-corrected chi connectivity index (χ4v) is 4.83. The molecule has 1 saturated heterocycles. The Hall–Kier alpha value is -3.16. The summed E-state index contributed by atoms with van der Waals surface area (Å²) in [5.74, 6) is 1.02. The van der Waals surface area contributed by atoms with Crippen LogP contribution in [0.4, 0.5) is 0 Å². The predicted molar refractivity (Wildman–Crippen MR) is 187 cm³/mol. The first-order valence-electron chi connectivity index (χ1n) is 16.6. The Morgan fingerprint density at radius 3 is 1.54 bits per heavy atom. The van der Waals surface area contributed by atoms with Crippen molar-refractivity contribution >= 4 is 32.0 Å². The van der Waals surface area contributed by atoms with E-state index in [1.807, 2.05) is 25.1 Å². The van der Waals surface area contributed by atoms with Crippen LogP contribution in [-0.4, -0.2) is 63.0 Å². The van der Waals surface area contributed by atoms with Gasteiger partial charge in [0, 0.05) is 5.56 Å². The number of benzene rings is 1. The van der Waals surface area contributed by atoms with Crippen LogP contribution in [-0.2, 0) is 42.9 Å². The molecule has 0 radical (unpaired) electrons. The Balaban J connectivity index is 2.86. The minimum atomic E-state index is -1.64. The van der Waals surface area contributed by atoms with Gasteiger partial charge in [0.05, 0.1) is 21.7 Å². The van der Waals surface area contributed by atoms with Crippen molar-refractivity contribution in [2.24, 2.45) is 21.7 Å². The summed E-state index contributed by atoms with van der Waals surface area (Å²) in [5, 5.41) is 0. The van der Waals surface area contributed by atoms with Crippen LogP contribution in [0, 0.1) is 40.0 Å². The molecule has 0 aromatic heterocycles. The maximum Gasteiger partial charge on any atom is 0.311 e. The van der Waals surface area contributed by atoms with Gasteiger partial charge < -0.3 is 23.7 Å². The average Bonchev–Trinajstić information content (AvgIpc) is 2.90. The molecule has 0 saturated carbocycles. The lowest BCUT2D eigenvalue weighted by atomic mass is 9.87. The van der Waals surface area contributed by atoms with Crippen molar-refractivity contribution < 1.29 is 42.9 Å². The molecule has 1 aromatic rings. The normalized spacial score (nSPS) is 22.1. The molecular formula is C38H58O9Si. The summed E-state index contributed by atoms with van der Waals surface area (Å²) in [6, 6.07) is 5.66. The van der Waals surface area contributed by atoms with Gasteiger partial charge >= 0.3 is 23.9 Å². The third-order valence-corrected chi connectivity index (χ3v) is 8.22. The summed E-state index contributed by atoms with van der Waals surface area (Å²) in [6.45, 7) is 28.6. The first-order valence-corrected chi connectivity index (χ1v) is 20.1. The van der Waals surface area contributed by atoms with Crippen molar-refractivity contribution in [1.82, 2.24) is 0 Å². The number of hydrogen-bond donors (Lipinski definition) is 0. The number of esters is 4. The SMILES string of the molecule is Cc1cc(C#C[Si](C)(C)C)ccc1[C@H]1O[C@H](COC(=O)C(C)(C)C)[C@@H](OC(=O)C(C)(C)C)[C@H](OC(=O)C(C)(C)C)[C@@H]1OC(=O)C(C)(C)C. The van der Waals surface area contributed by atoms with Crippen molar-refractivity contribution in [3.63, 3.8) is 0 Å². The van der Waals surface area contributed by atoms with Crippen LogP contribution < -0.4 is 0 Å². The molecule has 5 atom stereocenters. The summed E-state index contributed by atoms with van der Waals surface area (Å²) in [6.07, 6.45) is -5.89. The number of ether oxygens (including phenoxy) is 5. The zero-order valence-electron chi connectivity index (χ0n) is 32.0. The summed E-state index contributed by atoms with van der Waals surface area (Å²) in [4.78, 5) is 53.5.